The lowest BCUT2D eigenvalue weighted by atomic mass is 10.0. The van der Waals surface area contributed by atoms with Crippen molar-refractivity contribution in [2.45, 2.75) is 6.42 Å². The lowest BCUT2D eigenvalue weighted by Crippen LogP contribution is -2.09. The molecule has 0 saturated carbocycles. The summed E-state index contributed by atoms with van der Waals surface area (Å²) in [5, 5.41) is 8.98. The van der Waals surface area contributed by atoms with Crippen LogP contribution < -0.4 is 15.2 Å². The van der Waals surface area contributed by atoms with E-state index in [1.54, 1.807) is 6.07 Å². The van der Waals surface area contributed by atoms with E-state index in [-0.39, 0.29) is 24.3 Å². The zero-order chi connectivity index (χ0) is 12.8. The predicted octanol–water partition coefficient (Wildman–Crippen LogP) is 1.11. The molecule has 1 aromatic rings. The van der Waals surface area contributed by atoms with E-state index >= 15 is 0 Å². The first kappa shape index (κ1) is 13.0. The van der Waals surface area contributed by atoms with Crippen LogP contribution in [-0.2, 0) is 0 Å². The number of nitrogens with zero attached hydrogens (tertiary/aromatic N) is 1. The number of carbonyl (C=O) groups is 1. The van der Waals surface area contributed by atoms with Gasteiger partial charge < -0.3 is 15.2 Å². The molecule has 0 aliphatic heterocycles. The minimum atomic E-state index is -0.120. The van der Waals surface area contributed by atoms with Crippen LogP contribution in [0.25, 0.3) is 0 Å². The zero-order valence-electron chi connectivity index (χ0n) is 9.82. The normalized spacial score (nSPS) is 9.53. The molecule has 0 amide bonds. The first-order valence-corrected chi connectivity index (χ1v) is 5.07. The molecule has 17 heavy (non-hydrogen) atoms. The van der Waals surface area contributed by atoms with Crippen molar-refractivity contribution < 1.29 is 14.3 Å². The molecule has 0 aliphatic rings. The summed E-state index contributed by atoms with van der Waals surface area (Å²) in [6.07, 6.45) is 0.236. The van der Waals surface area contributed by atoms with Gasteiger partial charge >= 0.3 is 0 Å². The van der Waals surface area contributed by atoms with Gasteiger partial charge in [0.05, 0.1) is 19.8 Å². The molecule has 90 valence electrons. The fourth-order valence-electron chi connectivity index (χ4n) is 1.48. The van der Waals surface area contributed by atoms with E-state index in [1.807, 2.05) is 6.07 Å². The Hall–Kier alpha value is -2.06. The summed E-state index contributed by atoms with van der Waals surface area (Å²) in [5.74, 6) is 0.580. The van der Waals surface area contributed by atoms with Gasteiger partial charge in [0, 0.05) is 12.0 Å². The molecular formula is C12H14N2O3. The summed E-state index contributed by atoms with van der Waals surface area (Å²) in [6.45, 7) is 0.273. The van der Waals surface area contributed by atoms with E-state index in [2.05, 4.69) is 0 Å². The number of hydrogen-bond acceptors (Lipinski definition) is 5. The Labute approximate surface area is 99.7 Å². The molecule has 0 fully saturated rings. The molecule has 0 aromatic heterocycles. The van der Waals surface area contributed by atoms with Gasteiger partial charge in [-0.15, -0.1) is 0 Å². The number of hydrogen-bond donors (Lipinski definition) is 1. The maximum absolute atomic E-state index is 11.7. The minimum Gasteiger partial charge on any atom is -0.493 e. The van der Waals surface area contributed by atoms with Crippen LogP contribution in [-0.4, -0.2) is 26.5 Å². The van der Waals surface area contributed by atoms with Crippen LogP contribution >= 0.6 is 0 Å². The van der Waals surface area contributed by atoms with Crippen molar-refractivity contribution in [2.75, 3.05) is 20.8 Å². The number of carbonyl (C=O) groups excluding carboxylic acids is 1. The molecule has 0 radical (unpaired) electrons. The van der Waals surface area contributed by atoms with Crippen molar-refractivity contribution in [3.8, 4) is 17.6 Å². The second-order valence-corrected chi connectivity index (χ2v) is 3.33. The predicted molar refractivity (Wildman–Crippen MR) is 62.3 cm³/mol. The molecule has 0 saturated heterocycles. The second kappa shape index (κ2) is 5.87. The summed E-state index contributed by atoms with van der Waals surface area (Å²) in [6, 6.07) is 5.01. The lowest BCUT2D eigenvalue weighted by Gasteiger charge is -2.10. The minimum absolute atomic E-state index is 0.120. The number of ketones is 1. The molecule has 1 aromatic carbocycles. The third kappa shape index (κ3) is 2.74. The molecule has 0 unspecified atom stereocenters. The SMILES string of the molecule is COc1cc(C(=O)CCN)cc(C#N)c1OC. The van der Waals surface area contributed by atoms with Crippen LogP contribution in [0.4, 0.5) is 0 Å². The number of nitrogens with two attached hydrogens (primary N) is 1. The van der Waals surface area contributed by atoms with E-state index in [1.165, 1.54) is 20.3 Å². The van der Waals surface area contributed by atoms with E-state index < -0.39 is 0 Å². The van der Waals surface area contributed by atoms with Crippen LogP contribution in [0, 0.1) is 11.3 Å². The maximum Gasteiger partial charge on any atom is 0.178 e. The summed E-state index contributed by atoms with van der Waals surface area (Å²) < 4.78 is 10.2. The molecule has 0 bridgehead atoms. The molecule has 5 nitrogen and oxygen atoms in total. The molecule has 2 N–H and O–H groups in total. The topological polar surface area (TPSA) is 85.3 Å². The molecule has 0 aliphatic carbocycles. The van der Waals surface area contributed by atoms with E-state index in [0.717, 1.165) is 0 Å². The van der Waals surface area contributed by atoms with Crippen LogP contribution in [0.5, 0.6) is 11.5 Å². The van der Waals surface area contributed by atoms with Crippen molar-refractivity contribution >= 4 is 5.78 Å². The quantitative estimate of drug-likeness (QED) is 0.771. The standard InChI is InChI=1S/C12H14N2O3/c1-16-11-6-8(10(15)3-4-13)5-9(7-14)12(11)17-2/h5-6H,3-4,13H2,1-2H3. The first-order chi connectivity index (χ1) is 8.17. The Balaban J connectivity index is 3.28. The van der Waals surface area contributed by atoms with Crippen LogP contribution in [0.2, 0.25) is 0 Å². The Morgan fingerprint density at radius 3 is 2.59 bits per heavy atom. The molecular weight excluding hydrogens is 220 g/mol. The Bertz CT molecular complexity index is 464. The average molecular weight is 234 g/mol. The van der Waals surface area contributed by atoms with Crippen molar-refractivity contribution in [3.63, 3.8) is 0 Å². The monoisotopic (exact) mass is 234 g/mol. The largest absolute Gasteiger partial charge is 0.493 e. The number of ether oxygens (including phenoxy) is 2. The fourth-order valence-corrected chi connectivity index (χ4v) is 1.48. The Kier molecular flexibility index (Phi) is 4.49. The van der Waals surface area contributed by atoms with Gasteiger partial charge in [-0.05, 0) is 18.7 Å². The molecule has 0 spiro atoms. The number of benzene rings is 1. The van der Waals surface area contributed by atoms with Crippen molar-refractivity contribution in [2.24, 2.45) is 5.73 Å². The van der Waals surface area contributed by atoms with Gasteiger partial charge in [-0.25, -0.2) is 0 Å². The molecule has 1 rings (SSSR count). The lowest BCUT2D eigenvalue weighted by molar-refractivity contribution is 0.0985. The first-order valence-electron chi connectivity index (χ1n) is 5.07. The van der Waals surface area contributed by atoms with Gasteiger partial charge in [0.2, 0.25) is 0 Å². The second-order valence-electron chi connectivity index (χ2n) is 3.33. The molecule has 0 heterocycles. The van der Waals surface area contributed by atoms with Crippen molar-refractivity contribution in [1.82, 2.24) is 0 Å². The zero-order valence-corrected chi connectivity index (χ0v) is 9.82. The Morgan fingerprint density at radius 1 is 1.41 bits per heavy atom. The highest BCUT2D eigenvalue weighted by atomic mass is 16.5. The van der Waals surface area contributed by atoms with Gasteiger partial charge in [-0.2, -0.15) is 5.26 Å². The number of methoxy groups -OCH3 is 2. The van der Waals surface area contributed by atoms with E-state index in [0.29, 0.717) is 17.1 Å². The summed E-state index contributed by atoms with van der Waals surface area (Å²) in [5.41, 5.74) is 6.00. The smallest absolute Gasteiger partial charge is 0.178 e. The summed E-state index contributed by atoms with van der Waals surface area (Å²) in [4.78, 5) is 11.7. The van der Waals surface area contributed by atoms with Crippen LogP contribution in [0.3, 0.4) is 0 Å². The van der Waals surface area contributed by atoms with Crippen molar-refractivity contribution in [1.29, 1.82) is 5.26 Å². The van der Waals surface area contributed by atoms with Gasteiger partial charge in [-0.3, -0.25) is 4.79 Å². The molecule has 5 heteroatoms. The third-order valence-corrected chi connectivity index (χ3v) is 2.29. The maximum atomic E-state index is 11.7. The summed E-state index contributed by atoms with van der Waals surface area (Å²) >= 11 is 0. The fraction of sp³-hybridized carbons (Fsp3) is 0.333. The highest BCUT2D eigenvalue weighted by molar-refractivity contribution is 5.97. The van der Waals surface area contributed by atoms with Crippen LogP contribution in [0.15, 0.2) is 12.1 Å². The van der Waals surface area contributed by atoms with E-state index in [9.17, 15) is 4.79 Å². The highest BCUT2D eigenvalue weighted by Gasteiger charge is 2.15. The van der Waals surface area contributed by atoms with Crippen molar-refractivity contribution in [3.05, 3.63) is 23.3 Å². The number of Topliss-reactive ketones (excluding diaryl/α,β-unsaturated/α-hetero) is 1. The van der Waals surface area contributed by atoms with Gasteiger partial charge in [-0.1, -0.05) is 0 Å². The van der Waals surface area contributed by atoms with Gasteiger partial charge in [0.25, 0.3) is 0 Å². The molecule has 0 atom stereocenters. The number of nitriles is 1. The van der Waals surface area contributed by atoms with Gasteiger partial charge in [0.1, 0.15) is 6.07 Å². The average Bonchev–Trinajstić information content (AvgIpc) is 2.37. The van der Waals surface area contributed by atoms with E-state index in [4.69, 9.17) is 20.5 Å². The number of rotatable bonds is 5. The van der Waals surface area contributed by atoms with Crippen LogP contribution in [0.1, 0.15) is 22.3 Å². The third-order valence-electron chi connectivity index (χ3n) is 2.29. The highest BCUT2D eigenvalue weighted by Crippen LogP contribution is 2.32. The summed E-state index contributed by atoms with van der Waals surface area (Å²) in [7, 11) is 2.90. The van der Waals surface area contributed by atoms with Gasteiger partial charge in [0.15, 0.2) is 17.3 Å². The Morgan fingerprint density at radius 2 is 2.12 bits per heavy atom.